The van der Waals surface area contributed by atoms with Gasteiger partial charge in [-0.1, -0.05) is 6.07 Å². The van der Waals surface area contributed by atoms with Crippen LogP contribution in [0.15, 0.2) is 35.1 Å². The zero-order chi connectivity index (χ0) is 30.2. The van der Waals surface area contributed by atoms with Gasteiger partial charge in [-0.2, -0.15) is 4.31 Å². The molecule has 1 aromatic carbocycles. The summed E-state index contributed by atoms with van der Waals surface area (Å²) in [6.07, 6.45) is 0.942. The quantitative estimate of drug-likeness (QED) is 0.358. The van der Waals surface area contributed by atoms with Crippen LogP contribution in [0.1, 0.15) is 24.8 Å². The lowest BCUT2D eigenvalue weighted by Gasteiger charge is -2.50. The van der Waals surface area contributed by atoms with E-state index in [1.54, 1.807) is 0 Å². The second kappa shape index (κ2) is 11.6. The number of nitrogens with zero attached hydrogens (tertiary/aromatic N) is 4. The highest BCUT2D eigenvalue weighted by atomic mass is 32.2. The molecule has 42 heavy (non-hydrogen) atoms. The van der Waals surface area contributed by atoms with Crippen LogP contribution in [0.3, 0.4) is 0 Å². The fourth-order valence-electron chi connectivity index (χ4n) is 6.26. The number of rotatable bonds is 5. The molecule has 15 heteroatoms. The predicted molar refractivity (Wildman–Crippen MR) is 145 cm³/mol. The van der Waals surface area contributed by atoms with Gasteiger partial charge < -0.3 is 29.9 Å². The molecule has 0 radical (unpaired) electrons. The Hall–Kier alpha value is -3.56. The van der Waals surface area contributed by atoms with Crippen LogP contribution in [0.4, 0.5) is 9.18 Å². The molecule has 0 saturated carbocycles. The summed E-state index contributed by atoms with van der Waals surface area (Å²) in [5.41, 5.74) is -0.704. The van der Waals surface area contributed by atoms with Crippen LogP contribution in [0.5, 0.6) is 0 Å². The standard InChI is InChI=1S/C27H34FN5O8S/c1-30-10-12-32(13-11-30)42(39,40)20-15-19(28)4-3-18(20)16-29-24(35)22-23(34)25(36)33-7-2-14-41-17-21(33)27(22)5-8-31(9-6-27)26(37)38/h3-4,15,17,22H,2,5-14,16H2,1H3,(H,29,35)(H,37,38). The molecule has 3 amide bonds. The van der Waals surface area contributed by atoms with Gasteiger partial charge in [0.25, 0.3) is 5.91 Å². The van der Waals surface area contributed by atoms with Crippen LogP contribution in [0.2, 0.25) is 0 Å². The summed E-state index contributed by atoms with van der Waals surface area (Å²) in [5.74, 6) is -4.80. The van der Waals surface area contributed by atoms with Gasteiger partial charge in [-0.3, -0.25) is 14.4 Å². The number of piperidine rings is 2. The summed E-state index contributed by atoms with van der Waals surface area (Å²) in [6, 6.07) is 3.28. The Morgan fingerprint density at radius 3 is 2.45 bits per heavy atom. The van der Waals surface area contributed by atoms with E-state index in [0.29, 0.717) is 31.8 Å². The average Bonchev–Trinajstić information content (AvgIpc) is 3.23. The lowest BCUT2D eigenvalue weighted by Crippen LogP contribution is -2.62. The molecule has 1 atom stereocenters. The van der Waals surface area contributed by atoms with Crippen LogP contribution in [-0.4, -0.2) is 116 Å². The average molecular weight is 608 g/mol. The van der Waals surface area contributed by atoms with E-state index in [4.69, 9.17) is 4.74 Å². The molecule has 3 fully saturated rings. The van der Waals surface area contributed by atoms with Crippen molar-refractivity contribution in [1.82, 2.24) is 24.3 Å². The molecule has 4 heterocycles. The van der Waals surface area contributed by atoms with Crippen molar-refractivity contribution in [2.24, 2.45) is 11.3 Å². The lowest BCUT2D eigenvalue weighted by molar-refractivity contribution is -0.158. The van der Waals surface area contributed by atoms with Gasteiger partial charge in [-0.25, -0.2) is 17.6 Å². The number of hydrogen-bond acceptors (Lipinski definition) is 8. The first kappa shape index (κ1) is 29.9. The Bertz CT molecular complexity index is 1420. The molecule has 1 spiro atoms. The third-order valence-electron chi connectivity index (χ3n) is 8.66. The summed E-state index contributed by atoms with van der Waals surface area (Å²) in [7, 11) is -2.22. The number of carbonyl (C=O) groups is 4. The number of ketones is 1. The normalized spacial score (nSPS) is 23.6. The van der Waals surface area contributed by atoms with Crippen LogP contribution in [0.25, 0.3) is 0 Å². The van der Waals surface area contributed by atoms with Gasteiger partial charge in [-0.05, 0) is 44.0 Å². The molecule has 4 aliphatic heterocycles. The summed E-state index contributed by atoms with van der Waals surface area (Å²) in [4.78, 5) is 56.4. The first-order chi connectivity index (χ1) is 20.0. The number of carboxylic acid groups (broad SMARTS) is 1. The number of likely N-dealkylation sites (N-methyl/N-ethyl adjacent to an activating group) is 1. The maximum atomic E-state index is 14.3. The molecule has 3 saturated heterocycles. The molecule has 0 aliphatic carbocycles. The zero-order valence-electron chi connectivity index (χ0n) is 23.3. The highest BCUT2D eigenvalue weighted by molar-refractivity contribution is 7.89. The topological polar surface area (TPSA) is 157 Å². The molecular weight excluding hydrogens is 573 g/mol. The van der Waals surface area contributed by atoms with Crippen molar-refractivity contribution in [3.8, 4) is 0 Å². The number of amides is 3. The number of carbonyl (C=O) groups excluding carboxylic acids is 3. The van der Waals surface area contributed by atoms with E-state index in [1.807, 2.05) is 11.9 Å². The van der Waals surface area contributed by atoms with Gasteiger partial charge in [-0.15, -0.1) is 0 Å². The van der Waals surface area contributed by atoms with Crippen LogP contribution in [-0.2, 0) is 35.7 Å². The second-order valence-electron chi connectivity index (χ2n) is 11.1. The van der Waals surface area contributed by atoms with E-state index in [0.717, 1.165) is 12.1 Å². The van der Waals surface area contributed by atoms with Crippen molar-refractivity contribution < 1.29 is 41.8 Å². The second-order valence-corrected chi connectivity index (χ2v) is 13.0. The molecule has 1 aromatic rings. The van der Waals surface area contributed by atoms with Gasteiger partial charge in [0.1, 0.15) is 18.0 Å². The Morgan fingerprint density at radius 1 is 1.10 bits per heavy atom. The first-order valence-corrected chi connectivity index (χ1v) is 15.3. The van der Waals surface area contributed by atoms with Crippen molar-refractivity contribution in [1.29, 1.82) is 0 Å². The van der Waals surface area contributed by atoms with E-state index >= 15 is 0 Å². The Balaban J connectivity index is 1.44. The third-order valence-corrected chi connectivity index (χ3v) is 10.6. The predicted octanol–water partition coefficient (Wildman–Crippen LogP) is 0.427. The number of hydrogen-bond donors (Lipinski definition) is 2. The molecule has 0 aromatic heterocycles. The Labute approximate surface area is 242 Å². The maximum absolute atomic E-state index is 14.3. The van der Waals surface area contributed by atoms with E-state index in [1.165, 1.54) is 26.4 Å². The first-order valence-electron chi connectivity index (χ1n) is 13.9. The Morgan fingerprint density at radius 2 is 1.79 bits per heavy atom. The number of Topliss-reactive ketones (excluding diaryl/α,β-unsaturated/α-hetero) is 1. The van der Waals surface area contributed by atoms with E-state index < -0.39 is 50.9 Å². The van der Waals surface area contributed by atoms with Crippen molar-refractivity contribution in [2.45, 2.75) is 30.7 Å². The fraction of sp³-hybridized carbons (Fsp3) is 0.556. The van der Waals surface area contributed by atoms with Gasteiger partial charge in [0.05, 0.1) is 17.2 Å². The molecule has 0 bridgehead atoms. The smallest absolute Gasteiger partial charge is 0.407 e. The number of fused-ring (bicyclic) bond motifs is 2. The number of ether oxygens (including phenoxy) is 1. The minimum absolute atomic E-state index is 0.0388. The summed E-state index contributed by atoms with van der Waals surface area (Å²) < 4.78 is 48.1. The minimum atomic E-state index is -4.09. The van der Waals surface area contributed by atoms with Crippen LogP contribution < -0.4 is 5.32 Å². The van der Waals surface area contributed by atoms with Crippen molar-refractivity contribution in [3.05, 3.63) is 41.5 Å². The van der Waals surface area contributed by atoms with Crippen molar-refractivity contribution in [2.75, 3.05) is 59.5 Å². The highest BCUT2D eigenvalue weighted by Crippen LogP contribution is 2.50. The molecule has 4 aliphatic rings. The fourth-order valence-corrected chi connectivity index (χ4v) is 7.91. The maximum Gasteiger partial charge on any atom is 0.407 e. The number of sulfonamides is 1. The number of benzene rings is 1. The summed E-state index contributed by atoms with van der Waals surface area (Å²) in [6.45, 7) is 1.74. The van der Waals surface area contributed by atoms with Gasteiger partial charge in [0, 0.05) is 57.8 Å². The minimum Gasteiger partial charge on any atom is -0.499 e. The number of allylic oxidation sites excluding steroid dienone is 1. The van der Waals surface area contributed by atoms with Crippen LogP contribution in [0, 0.1) is 17.2 Å². The van der Waals surface area contributed by atoms with Gasteiger partial charge in [0.2, 0.25) is 21.7 Å². The molecule has 5 rings (SSSR count). The molecule has 1 unspecified atom stereocenters. The van der Waals surface area contributed by atoms with E-state index in [2.05, 4.69) is 5.32 Å². The SMILES string of the molecule is CN1CCN(S(=O)(=O)c2cc(F)ccc2CNC(=O)C2C(=O)C(=O)N3CCCOC=C3C23CCN(C(=O)O)CC3)CC1. The number of likely N-dealkylation sites (tertiary alicyclic amines) is 1. The number of piperazine rings is 1. The molecule has 228 valence electrons. The Kier molecular flexibility index (Phi) is 8.27. The van der Waals surface area contributed by atoms with E-state index in [-0.39, 0.29) is 62.6 Å². The molecular formula is C27H34FN5O8S. The summed E-state index contributed by atoms with van der Waals surface area (Å²) >= 11 is 0. The van der Waals surface area contributed by atoms with Crippen molar-refractivity contribution in [3.63, 3.8) is 0 Å². The highest BCUT2D eigenvalue weighted by Gasteiger charge is 2.59. The van der Waals surface area contributed by atoms with Crippen LogP contribution >= 0.6 is 0 Å². The zero-order valence-corrected chi connectivity index (χ0v) is 24.1. The monoisotopic (exact) mass is 607 g/mol. The summed E-state index contributed by atoms with van der Waals surface area (Å²) in [5, 5.41) is 12.1. The molecule has 2 N–H and O–H groups in total. The third kappa shape index (κ3) is 5.36. The lowest BCUT2D eigenvalue weighted by atomic mass is 9.62. The molecule has 13 nitrogen and oxygen atoms in total. The number of nitrogens with one attached hydrogen (secondary N) is 1. The van der Waals surface area contributed by atoms with Gasteiger partial charge >= 0.3 is 6.09 Å². The van der Waals surface area contributed by atoms with E-state index in [9.17, 15) is 37.1 Å². The number of halogens is 1. The largest absolute Gasteiger partial charge is 0.499 e. The van der Waals surface area contributed by atoms with Crippen molar-refractivity contribution >= 4 is 33.7 Å². The van der Waals surface area contributed by atoms with Gasteiger partial charge in [0.15, 0.2) is 0 Å².